The minimum atomic E-state index is -1.76. The smallest absolute Gasteiger partial charge is 0.232 e. The van der Waals surface area contributed by atoms with Crippen molar-refractivity contribution in [1.82, 2.24) is 3.93 Å². The van der Waals surface area contributed by atoms with Gasteiger partial charge in [-0.3, -0.25) is 8.72 Å². The summed E-state index contributed by atoms with van der Waals surface area (Å²) in [6, 6.07) is 33.0. The second-order valence-corrected chi connectivity index (χ2v) is 13.2. The summed E-state index contributed by atoms with van der Waals surface area (Å²) in [6.45, 7) is 5.01. The van der Waals surface area contributed by atoms with Gasteiger partial charge in [-0.1, -0.05) is 68.4 Å². The van der Waals surface area contributed by atoms with Gasteiger partial charge in [0.2, 0.25) is 5.91 Å². The Kier molecular flexibility index (Phi) is 9.51. The van der Waals surface area contributed by atoms with Crippen LogP contribution in [0.5, 0.6) is 0 Å². The van der Waals surface area contributed by atoms with Gasteiger partial charge in [-0.15, -0.1) is 0 Å². The SMILES string of the molecule is CC(C)CN(Br)C(=O)CCCCC[P+](c1ccccc1)(c1ccccc1)c1ccccc1. The summed E-state index contributed by atoms with van der Waals surface area (Å²) in [5.41, 5.74) is 0. The maximum absolute atomic E-state index is 12.4. The first kappa shape index (κ1) is 24.7. The lowest BCUT2D eigenvalue weighted by Gasteiger charge is -2.27. The largest absolute Gasteiger partial charge is 0.279 e. The van der Waals surface area contributed by atoms with Crippen molar-refractivity contribution in [2.75, 3.05) is 12.7 Å². The van der Waals surface area contributed by atoms with Gasteiger partial charge in [-0.2, -0.15) is 0 Å². The van der Waals surface area contributed by atoms with Gasteiger partial charge in [-0.25, -0.2) is 0 Å². The standard InChI is InChI=1S/C28H34BrNOP/c1-24(2)23-30(29)28(31)21-13-6-14-22-32(25-15-7-3-8-16-25,26-17-9-4-10-18-26)27-19-11-5-12-20-27/h3-5,7-12,15-20,24H,6,13-14,21-23H2,1-2H3/q+1. The number of halogens is 1. The molecule has 0 atom stereocenters. The fourth-order valence-electron chi connectivity index (χ4n) is 4.23. The highest BCUT2D eigenvalue weighted by atomic mass is 79.9. The molecule has 0 aliphatic rings. The van der Waals surface area contributed by atoms with Crippen molar-refractivity contribution in [2.45, 2.75) is 39.5 Å². The number of benzene rings is 3. The van der Waals surface area contributed by atoms with E-state index in [2.05, 4.69) is 121 Å². The molecule has 0 saturated heterocycles. The first-order valence-electron chi connectivity index (χ1n) is 11.5. The lowest BCUT2D eigenvalue weighted by molar-refractivity contribution is -0.126. The van der Waals surface area contributed by atoms with Gasteiger partial charge in [0.05, 0.1) is 22.3 Å². The van der Waals surface area contributed by atoms with E-state index in [-0.39, 0.29) is 5.91 Å². The zero-order chi connectivity index (χ0) is 22.8. The van der Waals surface area contributed by atoms with Crippen LogP contribution in [0.15, 0.2) is 91.0 Å². The Morgan fingerprint density at radius 3 is 1.59 bits per heavy atom. The molecule has 2 nitrogen and oxygen atoms in total. The molecule has 3 rings (SSSR count). The molecular formula is C28H34BrNOP+. The number of unbranched alkanes of at least 4 members (excludes halogenated alkanes) is 2. The predicted molar refractivity (Wildman–Crippen MR) is 144 cm³/mol. The van der Waals surface area contributed by atoms with E-state index in [1.54, 1.807) is 3.93 Å². The third-order valence-corrected chi connectivity index (χ3v) is 11.0. The molecule has 168 valence electrons. The van der Waals surface area contributed by atoms with Gasteiger partial charge in [0, 0.05) is 13.0 Å². The first-order valence-corrected chi connectivity index (χ1v) is 14.2. The molecule has 0 N–H and O–H groups in total. The van der Waals surface area contributed by atoms with Crippen molar-refractivity contribution < 1.29 is 4.79 Å². The maximum atomic E-state index is 12.4. The third-order valence-electron chi connectivity index (χ3n) is 5.77. The molecule has 3 aromatic rings. The lowest BCUT2D eigenvalue weighted by atomic mass is 10.2. The number of rotatable bonds is 11. The topological polar surface area (TPSA) is 20.3 Å². The van der Waals surface area contributed by atoms with E-state index in [4.69, 9.17) is 0 Å². The van der Waals surface area contributed by atoms with Gasteiger partial charge < -0.3 is 0 Å². The predicted octanol–water partition coefficient (Wildman–Crippen LogP) is 6.34. The van der Waals surface area contributed by atoms with Gasteiger partial charge in [0.1, 0.15) is 23.2 Å². The minimum Gasteiger partial charge on any atom is -0.279 e. The molecular weight excluding hydrogens is 477 g/mol. The fraction of sp³-hybridized carbons (Fsp3) is 0.321. The summed E-state index contributed by atoms with van der Waals surface area (Å²) >= 11 is 3.43. The molecule has 0 bridgehead atoms. The second-order valence-electron chi connectivity index (χ2n) is 8.68. The average molecular weight is 511 g/mol. The van der Waals surface area contributed by atoms with Crippen molar-refractivity contribution in [1.29, 1.82) is 0 Å². The Bertz CT molecular complexity index is 850. The van der Waals surface area contributed by atoms with Gasteiger partial charge in [0.25, 0.3) is 0 Å². The summed E-state index contributed by atoms with van der Waals surface area (Å²) in [5.74, 6) is 0.653. The van der Waals surface area contributed by atoms with Crippen molar-refractivity contribution in [3.05, 3.63) is 91.0 Å². The number of hydrogen-bond donors (Lipinski definition) is 0. The van der Waals surface area contributed by atoms with Crippen molar-refractivity contribution in [3.8, 4) is 0 Å². The van der Waals surface area contributed by atoms with Crippen LogP contribution in [0.4, 0.5) is 0 Å². The number of nitrogens with zero attached hydrogens (tertiary/aromatic N) is 1. The van der Waals surface area contributed by atoms with E-state index < -0.39 is 7.26 Å². The zero-order valence-electron chi connectivity index (χ0n) is 19.2. The third kappa shape index (κ3) is 6.30. The van der Waals surface area contributed by atoms with E-state index in [1.807, 2.05) is 0 Å². The van der Waals surface area contributed by atoms with Crippen molar-refractivity contribution >= 4 is 45.2 Å². The van der Waals surface area contributed by atoms with Crippen LogP contribution in [0.25, 0.3) is 0 Å². The van der Waals surface area contributed by atoms with Gasteiger partial charge in [0.15, 0.2) is 0 Å². The summed E-state index contributed by atoms with van der Waals surface area (Å²) in [5, 5.41) is 4.28. The molecule has 4 heteroatoms. The molecule has 32 heavy (non-hydrogen) atoms. The molecule has 0 radical (unpaired) electrons. The molecule has 0 heterocycles. The molecule has 0 fully saturated rings. The van der Waals surface area contributed by atoms with E-state index in [0.29, 0.717) is 12.3 Å². The molecule has 0 saturated carbocycles. The average Bonchev–Trinajstić information content (AvgIpc) is 2.82. The highest BCUT2D eigenvalue weighted by Crippen LogP contribution is 2.55. The van der Waals surface area contributed by atoms with Crippen LogP contribution in [0.3, 0.4) is 0 Å². The Balaban J connectivity index is 1.79. The van der Waals surface area contributed by atoms with E-state index in [9.17, 15) is 4.79 Å². The summed E-state index contributed by atoms with van der Waals surface area (Å²) in [4.78, 5) is 12.4. The molecule has 0 aromatic heterocycles. The van der Waals surface area contributed by atoms with Crippen LogP contribution in [0.1, 0.15) is 39.5 Å². The quantitative estimate of drug-likeness (QED) is 0.167. The van der Waals surface area contributed by atoms with Crippen molar-refractivity contribution in [2.24, 2.45) is 5.92 Å². The fourth-order valence-corrected chi connectivity index (χ4v) is 9.39. The highest BCUT2D eigenvalue weighted by molar-refractivity contribution is 9.07. The van der Waals surface area contributed by atoms with Crippen LogP contribution in [0.2, 0.25) is 0 Å². The van der Waals surface area contributed by atoms with E-state index in [0.717, 1.165) is 32.0 Å². The summed E-state index contributed by atoms with van der Waals surface area (Å²) in [6.07, 6.45) is 4.81. The highest BCUT2D eigenvalue weighted by Gasteiger charge is 2.44. The molecule has 0 unspecified atom stereocenters. The minimum absolute atomic E-state index is 0.189. The van der Waals surface area contributed by atoms with Gasteiger partial charge in [-0.05, 0) is 61.6 Å². The Morgan fingerprint density at radius 1 is 0.750 bits per heavy atom. The zero-order valence-corrected chi connectivity index (χ0v) is 21.6. The van der Waals surface area contributed by atoms with Crippen molar-refractivity contribution in [3.63, 3.8) is 0 Å². The molecule has 0 spiro atoms. The van der Waals surface area contributed by atoms with Crippen LogP contribution in [-0.2, 0) is 4.79 Å². The second kappa shape index (κ2) is 12.3. The number of carbonyl (C=O) groups is 1. The van der Waals surface area contributed by atoms with Crippen LogP contribution in [0, 0.1) is 5.92 Å². The Labute approximate surface area is 202 Å². The maximum Gasteiger partial charge on any atom is 0.232 e. The molecule has 0 aliphatic heterocycles. The molecule has 1 amide bonds. The summed E-state index contributed by atoms with van der Waals surface area (Å²) in [7, 11) is -1.76. The number of hydrogen-bond acceptors (Lipinski definition) is 1. The Morgan fingerprint density at radius 2 is 1.19 bits per heavy atom. The van der Waals surface area contributed by atoms with Gasteiger partial charge >= 0.3 is 0 Å². The summed E-state index contributed by atoms with van der Waals surface area (Å²) < 4.78 is 1.70. The monoisotopic (exact) mass is 510 g/mol. The number of carbonyl (C=O) groups excluding carboxylic acids is 1. The first-order chi connectivity index (χ1) is 15.5. The van der Waals surface area contributed by atoms with Crippen LogP contribution >= 0.6 is 23.4 Å². The van der Waals surface area contributed by atoms with E-state index >= 15 is 0 Å². The normalized spacial score (nSPS) is 11.5. The van der Waals surface area contributed by atoms with Crippen LogP contribution < -0.4 is 15.9 Å². The number of amides is 1. The Hall–Kier alpha value is -1.96. The lowest BCUT2D eigenvalue weighted by Crippen LogP contribution is -2.33. The molecule has 0 aliphatic carbocycles. The van der Waals surface area contributed by atoms with Crippen LogP contribution in [-0.4, -0.2) is 22.5 Å². The molecule has 3 aromatic carbocycles. The van der Waals surface area contributed by atoms with E-state index in [1.165, 1.54) is 15.9 Å².